The molecule has 2 fully saturated rings. The maximum absolute atomic E-state index is 13.0. The first-order chi connectivity index (χ1) is 23.1. The standard InChI is InChI=1S/C30H39F3N4O12/c1-15-10-22(39)27(45-13-15)49-26-20(35-16(2)38)11-21(36-29(42)46-14-17-6-8-18(9-7-17)37(43)44)25(24(26)40)48-23-5-3-4-19(47-23)12-34-28(41)30(31,32)33/h4,6-9,15,20-27,39-40H,3,5,10-14H2,1-2H3,(H,34,41)(H,35,38)(H,36,42)/t15-,20+,21-,22+,23+,24-,25+,26-,27+/m0/s1. The molecular weight excluding hydrogens is 665 g/mol. The Labute approximate surface area is 278 Å². The van der Waals surface area contributed by atoms with E-state index < -0.39 is 84.6 Å². The molecule has 16 nitrogen and oxygen atoms in total. The molecule has 9 atom stereocenters. The number of amides is 3. The van der Waals surface area contributed by atoms with E-state index in [2.05, 4.69) is 10.6 Å². The fraction of sp³-hybridized carbons (Fsp3) is 0.633. The van der Waals surface area contributed by atoms with Crippen molar-refractivity contribution < 1.29 is 66.4 Å². The lowest BCUT2D eigenvalue weighted by atomic mass is 9.83. The summed E-state index contributed by atoms with van der Waals surface area (Å²) in [6.45, 7) is 2.51. The van der Waals surface area contributed by atoms with Crippen LogP contribution in [0.3, 0.4) is 0 Å². The van der Waals surface area contributed by atoms with Gasteiger partial charge < -0.3 is 49.8 Å². The molecule has 0 spiro atoms. The Hall–Kier alpha value is -4.04. The Morgan fingerprint density at radius 3 is 2.37 bits per heavy atom. The third-order valence-corrected chi connectivity index (χ3v) is 8.02. The van der Waals surface area contributed by atoms with Gasteiger partial charge in [-0.25, -0.2) is 4.79 Å². The SMILES string of the molecule is CC(=O)N[C@@H]1C[C@H](NC(=O)OCc2ccc([N+](=O)[O-])cc2)[C@@H](O[C@@H]2CCC=C(CNC(=O)C(F)(F)F)O2)[C@H](O)[C@H]1O[C@H]1OC[C@@H](C)C[C@H]1O. The van der Waals surface area contributed by atoms with Gasteiger partial charge in [-0.15, -0.1) is 0 Å². The van der Waals surface area contributed by atoms with E-state index in [1.54, 1.807) is 5.32 Å². The largest absolute Gasteiger partial charge is 0.471 e. The van der Waals surface area contributed by atoms with Crippen LogP contribution in [0.15, 0.2) is 36.1 Å². The van der Waals surface area contributed by atoms with Crippen molar-refractivity contribution in [2.75, 3.05) is 13.2 Å². The molecule has 1 aromatic rings. The molecule has 3 amide bonds. The number of carbonyl (C=O) groups excluding carboxylic acids is 3. The number of alkyl carbamates (subject to hydrolysis) is 1. The van der Waals surface area contributed by atoms with Crippen LogP contribution in [0.25, 0.3) is 0 Å². The van der Waals surface area contributed by atoms with Gasteiger partial charge in [-0.2, -0.15) is 13.2 Å². The minimum atomic E-state index is -5.10. The van der Waals surface area contributed by atoms with Crippen molar-refractivity contribution in [1.82, 2.24) is 16.0 Å². The van der Waals surface area contributed by atoms with Crippen LogP contribution >= 0.6 is 0 Å². The monoisotopic (exact) mass is 704 g/mol. The second-order valence-corrected chi connectivity index (χ2v) is 12.1. The number of ether oxygens (including phenoxy) is 5. The second-order valence-electron chi connectivity index (χ2n) is 12.1. The maximum atomic E-state index is 13.0. The van der Waals surface area contributed by atoms with Crippen molar-refractivity contribution in [3.05, 3.63) is 51.8 Å². The Balaban J connectivity index is 1.51. The van der Waals surface area contributed by atoms with Crippen LogP contribution in [0.5, 0.6) is 0 Å². The first-order valence-electron chi connectivity index (χ1n) is 15.5. The van der Waals surface area contributed by atoms with E-state index in [1.807, 2.05) is 6.92 Å². The van der Waals surface area contributed by atoms with Gasteiger partial charge in [0.25, 0.3) is 5.69 Å². The first kappa shape index (κ1) is 37.8. The molecule has 49 heavy (non-hydrogen) atoms. The van der Waals surface area contributed by atoms with Crippen molar-refractivity contribution in [3.8, 4) is 0 Å². The van der Waals surface area contributed by atoms with E-state index in [1.165, 1.54) is 37.3 Å². The Morgan fingerprint density at radius 2 is 1.73 bits per heavy atom. The predicted molar refractivity (Wildman–Crippen MR) is 159 cm³/mol. The number of nitro groups is 1. The topological polar surface area (TPSA) is 217 Å². The number of benzene rings is 1. The molecule has 2 heterocycles. The molecule has 1 aromatic carbocycles. The summed E-state index contributed by atoms with van der Waals surface area (Å²) in [5.74, 6) is -2.65. The van der Waals surface area contributed by atoms with Crippen LogP contribution in [0, 0.1) is 16.0 Å². The van der Waals surface area contributed by atoms with Crippen LogP contribution in [-0.2, 0) is 39.9 Å². The number of non-ortho nitro benzene ring substituents is 1. The molecule has 1 aliphatic carbocycles. The summed E-state index contributed by atoms with van der Waals surface area (Å²) in [4.78, 5) is 46.8. The minimum absolute atomic E-state index is 0.0251. The number of allylic oxidation sites excluding steroid dienone is 1. The van der Waals surface area contributed by atoms with Gasteiger partial charge in [0.1, 0.15) is 36.8 Å². The van der Waals surface area contributed by atoms with Crippen LogP contribution in [0.2, 0.25) is 0 Å². The number of aliphatic hydroxyl groups is 2. The van der Waals surface area contributed by atoms with E-state index in [4.69, 9.17) is 23.7 Å². The Bertz CT molecular complexity index is 1360. The average Bonchev–Trinajstić information content (AvgIpc) is 3.03. The van der Waals surface area contributed by atoms with Crippen molar-refractivity contribution in [1.29, 1.82) is 0 Å². The van der Waals surface area contributed by atoms with Gasteiger partial charge in [0, 0.05) is 25.5 Å². The summed E-state index contributed by atoms with van der Waals surface area (Å²) in [6.07, 6.45) is -11.4. The van der Waals surface area contributed by atoms with Gasteiger partial charge >= 0.3 is 18.2 Å². The lowest BCUT2D eigenvalue weighted by molar-refractivity contribution is -0.384. The molecule has 272 valence electrons. The van der Waals surface area contributed by atoms with Crippen molar-refractivity contribution in [2.24, 2.45) is 5.92 Å². The highest BCUT2D eigenvalue weighted by Gasteiger charge is 2.50. The van der Waals surface area contributed by atoms with Crippen LogP contribution < -0.4 is 16.0 Å². The van der Waals surface area contributed by atoms with Crippen LogP contribution in [-0.4, -0.2) is 101 Å². The highest BCUT2D eigenvalue weighted by Crippen LogP contribution is 2.32. The first-order valence-corrected chi connectivity index (χ1v) is 15.5. The zero-order chi connectivity index (χ0) is 35.9. The van der Waals surface area contributed by atoms with Gasteiger partial charge in [0.15, 0.2) is 12.6 Å². The number of hydrogen-bond donors (Lipinski definition) is 5. The molecular formula is C30H39F3N4O12. The van der Waals surface area contributed by atoms with Crippen molar-refractivity contribution >= 4 is 23.6 Å². The molecule has 5 N–H and O–H groups in total. The molecule has 0 bridgehead atoms. The third kappa shape index (κ3) is 10.7. The highest BCUT2D eigenvalue weighted by molar-refractivity contribution is 5.81. The van der Waals surface area contributed by atoms with Gasteiger partial charge in [-0.3, -0.25) is 19.7 Å². The van der Waals surface area contributed by atoms with Gasteiger partial charge in [-0.1, -0.05) is 6.92 Å². The summed E-state index contributed by atoms with van der Waals surface area (Å²) in [5, 5.41) is 40.2. The van der Waals surface area contributed by atoms with E-state index in [0.717, 1.165) is 0 Å². The van der Waals surface area contributed by atoms with Gasteiger partial charge in [-0.05, 0) is 49.0 Å². The minimum Gasteiger partial charge on any atom is -0.468 e. The quantitative estimate of drug-likeness (QED) is 0.164. The molecule has 4 rings (SSSR count). The molecule has 1 saturated heterocycles. The molecule has 2 aliphatic heterocycles. The number of alkyl halides is 3. The number of nitrogens with one attached hydrogen (secondary N) is 3. The summed E-state index contributed by atoms with van der Waals surface area (Å²) < 4.78 is 66.8. The molecule has 0 unspecified atom stereocenters. The van der Waals surface area contributed by atoms with Crippen molar-refractivity contribution in [3.63, 3.8) is 0 Å². The van der Waals surface area contributed by atoms with Gasteiger partial charge in [0.05, 0.1) is 30.2 Å². The summed E-state index contributed by atoms with van der Waals surface area (Å²) in [5.41, 5.74) is 0.284. The Kier molecular flexibility index (Phi) is 12.8. The average molecular weight is 705 g/mol. The predicted octanol–water partition coefficient (Wildman–Crippen LogP) is 1.67. The van der Waals surface area contributed by atoms with Crippen LogP contribution in [0.1, 0.15) is 45.1 Å². The molecule has 0 radical (unpaired) electrons. The number of halogens is 3. The fourth-order valence-electron chi connectivity index (χ4n) is 5.71. The molecule has 3 aliphatic rings. The fourth-order valence-corrected chi connectivity index (χ4v) is 5.71. The lowest BCUT2D eigenvalue weighted by Crippen LogP contribution is -2.67. The summed E-state index contributed by atoms with van der Waals surface area (Å²) >= 11 is 0. The zero-order valence-corrected chi connectivity index (χ0v) is 26.6. The number of nitro benzene ring substituents is 1. The smallest absolute Gasteiger partial charge is 0.468 e. The summed E-state index contributed by atoms with van der Waals surface area (Å²) in [7, 11) is 0. The van der Waals surface area contributed by atoms with E-state index in [-0.39, 0.29) is 49.8 Å². The van der Waals surface area contributed by atoms with Crippen LogP contribution in [0.4, 0.5) is 23.7 Å². The number of aliphatic hydroxyl groups excluding tert-OH is 2. The van der Waals surface area contributed by atoms with E-state index >= 15 is 0 Å². The van der Waals surface area contributed by atoms with E-state index in [0.29, 0.717) is 12.0 Å². The maximum Gasteiger partial charge on any atom is 0.471 e. The second kappa shape index (κ2) is 16.6. The van der Waals surface area contributed by atoms with E-state index in [9.17, 15) is 47.9 Å². The zero-order valence-electron chi connectivity index (χ0n) is 26.6. The molecule has 19 heteroatoms. The van der Waals surface area contributed by atoms with Crippen molar-refractivity contribution in [2.45, 2.75) is 101 Å². The third-order valence-electron chi connectivity index (χ3n) is 8.02. The Morgan fingerprint density at radius 1 is 1.06 bits per heavy atom. The highest BCUT2D eigenvalue weighted by atomic mass is 19.4. The number of nitrogens with zero attached hydrogens (tertiary/aromatic N) is 1. The number of carbonyl (C=O) groups is 3. The summed E-state index contributed by atoms with van der Waals surface area (Å²) in [6, 6.07) is 3.28. The number of rotatable bonds is 11. The normalized spacial score (nSPS) is 30.3. The van der Waals surface area contributed by atoms with Gasteiger partial charge in [0.2, 0.25) is 5.91 Å². The molecule has 0 aromatic heterocycles. The lowest BCUT2D eigenvalue weighted by Gasteiger charge is -2.47. The molecule has 1 saturated carbocycles. The number of hydrogen-bond acceptors (Lipinski definition) is 12.